The summed E-state index contributed by atoms with van der Waals surface area (Å²) in [6.07, 6.45) is 5.47. The summed E-state index contributed by atoms with van der Waals surface area (Å²) < 4.78 is 20.4. The van der Waals surface area contributed by atoms with Crippen molar-refractivity contribution >= 4 is 6.29 Å². The molecular formula is C22H25FO2. The van der Waals surface area contributed by atoms with Gasteiger partial charge in [-0.3, -0.25) is 4.79 Å². The van der Waals surface area contributed by atoms with E-state index in [1.807, 2.05) is 24.3 Å². The summed E-state index contributed by atoms with van der Waals surface area (Å²) in [6, 6.07) is 12.3. The standard InChI is InChI=1S/C22H25FO2/c1-15(2)16-6-10-19(11-7-16)25-20-12-8-17(9-13-20)21-5-3-4-18(14-24)22(21)23/h3-5,8-9,12-16,19H,6-7,10-11H2,1-2H3/t16-,19-. The van der Waals surface area contributed by atoms with Gasteiger partial charge in [-0.25, -0.2) is 4.39 Å². The van der Waals surface area contributed by atoms with Crippen LogP contribution in [0.5, 0.6) is 5.75 Å². The molecule has 0 radical (unpaired) electrons. The Morgan fingerprint density at radius 3 is 2.32 bits per heavy atom. The van der Waals surface area contributed by atoms with Crippen LogP contribution in [0.4, 0.5) is 4.39 Å². The molecule has 1 fully saturated rings. The second-order valence-electron chi connectivity index (χ2n) is 7.25. The lowest BCUT2D eigenvalue weighted by Crippen LogP contribution is -2.26. The Balaban J connectivity index is 1.66. The molecule has 0 N–H and O–H groups in total. The number of carbonyl (C=O) groups excluding carboxylic acids is 1. The zero-order valence-corrected chi connectivity index (χ0v) is 14.9. The van der Waals surface area contributed by atoms with Crippen molar-refractivity contribution in [2.24, 2.45) is 11.8 Å². The third-order valence-corrected chi connectivity index (χ3v) is 5.29. The number of halogens is 1. The molecule has 0 amide bonds. The molecule has 0 saturated heterocycles. The molecule has 3 rings (SSSR count). The maximum absolute atomic E-state index is 14.3. The van der Waals surface area contributed by atoms with Crippen molar-refractivity contribution in [2.45, 2.75) is 45.6 Å². The Labute approximate surface area is 149 Å². The fourth-order valence-electron chi connectivity index (χ4n) is 3.64. The van der Waals surface area contributed by atoms with Crippen molar-refractivity contribution in [3.8, 4) is 16.9 Å². The van der Waals surface area contributed by atoms with Crippen LogP contribution >= 0.6 is 0 Å². The summed E-state index contributed by atoms with van der Waals surface area (Å²) in [5.74, 6) is 1.91. The summed E-state index contributed by atoms with van der Waals surface area (Å²) in [7, 11) is 0. The van der Waals surface area contributed by atoms with Crippen LogP contribution in [0.3, 0.4) is 0 Å². The van der Waals surface area contributed by atoms with Gasteiger partial charge in [0.15, 0.2) is 6.29 Å². The molecule has 2 aromatic carbocycles. The first-order valence-corrected chi connectivity index (χ1v) is 9.09. The first-order valence-electron chi connectivity index (χ1n) is 9.09. The SMILES string of the molecule is CC(C)[C@H]1CC[C@H](Oc2ccc(-c3cccc(C=O)c3F)cc2)CC1. The number of benzene rings is 2. The van der Waals surface area contributed by atoms with Crippen molar-refractivity contribution < 1.29 is 13.9 Å². The molecule has 0 unspecified atom stereocenters. The maximum Gasteiger partial charge on any atom is 0.153 e. The molecule has 0 aliphatic heterocycles. The van der Waals surface area contributed by atoms with Gasteiger partial charge in [0.05, 0.1) is 11.7 Å². The number of carbonyl (C=O) groups is 1. The molecule has 25 heavy (non-hydrogen) atoms. The van der Waals surface area contributed by atoms with E-state index >= 15 is 0 Å². The Hall–Kier alpha value is -2.16. The predicted molar refractivity (Wildman–Crippen MR) is 98.4 cm³/mol. The van der Waals surface area contributed by atoms with Crippen LogP contribution in [-0.2, 0) is 0 Å². The molecule has 1 saturated carbocycles. The van der Waals surface area contributed by atoms with Gasteiger partial charge >= 0.3 is 0 Å². The monoisotopic (exact) mass is 340 g/mol. The molecule has 1 aliphatic rings. The van der Waals surface area contributed by atoms with Gasteiger partial charge in [0.25, 0.3) is 0 Å². The lowest BCUT2D eigenvalue weighted by molar-refractivity contribution is 0.111. The van der Waals surface area contributed by atoms with E-state index in [2.05, 4.69) is 13.8 Å². The van der Waals surface area contributed by atoms with Crippen molar-refractivity contribution in [1.29, 1.82) is 0 Å². The van der Waals surface area contributed by atoms with E-state index in [0.29, 0.717) is 11.8 Å². The molecule has 132 valence electrons. The highest BCUT2D eigenvalue weighted by atomic mass is 19.1. The van der Waals surface area contributed by atoms with E-state index in [4.69, 9.17) is 4.74 Å². The van der Waals surface area contributed by atoms with Crippen LogP contribution in [-0.4, -0.2) is 12.4 Å². The molecule has 2 nitrogen and oxygen atoms in total. The number of hydrogen-bond acceptors (Lipinski definition) is 2. The Morgan fingerprint density at radius 1 is 1.04 bits per heavy atom. The van der Waals surface area contributed by atoms with Crippen molar-refractivity contribution in [3.05, 3.63) is 53.8 Å². The number of rotatable bonds is 5. The lowest BCUT2D eigenvalue weighted by atomic mass is 9.80. The second kappa shape index (κ2) is 7.81. The minimum absolute atomic E-state index is 0.0831. The highest BCUT2D eigenvalue weighted by molar-refractivity contribution is 5.79. The van der Waals surface area contributed by atoms with E-state index in [1.165, 1.54) is 18.9 Å². The van der Waals surface area contributed by atoms with Crippen molar-refractivity contribution in [2.75, 3.05) is 0 Å². The van der Waals surface area contributed by atoms with E-state index in [0.717, 1.165) is 36.0 Å². The fourth-order valence-corrected chi connectivity index (χ4v) is 3.64. The van der Waals surface area contributed by atoms with Gasteiger partial charge in [0.2, 0.25) is 0 Å². The van der Waals surface area contributed by atoms with Crippen LogP contribution in [0.2, 0.25) is 0 Å². The average molecular weight is 340 g/mol. The van der Waals surface area contributed by atoms with Crippen molar-refractivity contribution in [1.82, 2.24) is 0 Å². The summed E-state index contributed by atoms with van der Waals surface area (Å²) >= 11 is 0. The minimum Gasteiger partial charge on any atom is -0.490 e. The van der Waals surface area contributed by atoms with Gasteiger partial charge in [0.1, 0.15) is 11.6 Å². The molecule has 0 atom stereocenters. The Morgan fingerprint density at radius 2 is 1.72 bits per heavy atom. The van der Waals surface area contributed by atoms with Crippen LogP contribution < -0.4 is 4.74 Å². The average Bonchev–Trinajstić information content (AvgIpc) is 2.63. The van der Waals surface area contributed by atoms with E-state index in [1.54, 1.807) is 12.1 Å². The topological polar surface area (TPSA) is 26.3 Å². The smallest absolute Gasteiger partial charge is 0.153 e. The summed E-state index contributed by atoms with van der Waals surface area (Å²) in [4.78, 5) is 10.9. The van der Waals surface area contributed by atoms with Gasteiger partial charge in [0, 0.05) is 5.56 Å². The molecule has 2 aromatic rings. The summed E-state index contributed by atoms with van der Waals surface area (Å²) in [6.45, 7) is 4.59. The first kappa shape index (κ1) is 17.7. The highest BCUT2D eigenvalue weighted by Gasteiger charge is 2.24. The van der Waals surface area contributed by atoms with E-state index in [9.17, 15) is 9.18 Å². The highest BCUT2D eigenvalue weighted by Crippen LogP contribution is 2.33. The molecular weight excluding hydrogens is 315 g/mol. The van der Waals surface area contributed by atoms with E-state index in [-0.39, 0.29) is 11.7 Å². The maximum atomic E-state index is 14.3. The summed E-state index contributed by atoms with van der Waals surface area (Å²) in [5.41, 5.74) is 1.27. The number of aldehydes is 1. The third kappa shape index (κ3) is 4.09. The molecule has 0 aromatic heterocycles. The van der Waals surface area contributed by atoms with Gasteiger partial charge in [-0.05, 0) is 61.3 Å². The zero-order chi connectivity index (χ0) is 17.8. The van der Waals surface area contributed by atoms with Crippen LogP contribution in [0, 0.1) is 17.7 Å². The first-order chi connectivity index (χ1) is 12.1. The van der Waals surface area contributed by atoms with Gasteiger partial charge in [-0.1, -0.05) is 38.1 Å². The van der Waals surface area contributed by atoms with Gasteiger partial charge in [-0.15, -0.1) is 0 Å². The van der Waals surface area contributed by atoms with Crippen LogP contribution in [0.15, 0.2) is 42.5 Å². The van der Waals surface area contributed by atoms with Gasteiger partial charge < -0.3 is 4.74 Å². The van der Waals surface area contributed by atoms with Gasteiger partial charge in [-0.2, -0.15) is 0 Å². The normalized spacial score (nSPS) is 20.5. The van der Waals surface area contributed by atoms with E-state index < -0.39 is 5.82 Å². The zero-order valence-electron chi connectivity index (χ0n) is 14.9. The minimum atomic E-state index is -0.474. The Bertz CT molecular complexity index is 713. The largest absolute Gasteiger partial charge is 0.490 e. The predicted octanol–water partition coefficient (Wildman–Crippen LogP) is 5.90. The molecule has 0 spiro atoms. The van der Waals surface area contributed by atoms with Crippen LogP contribution in [0.25, 0.3) is 11.1 Å². The fraction of sp³-hybridized carbons (Fsp3) is 0.409. The molecule has 3 heteroatoms. The molecule has 0 bridgehead atoms. The molecule has 0 heterocycles. The van der Waals surface area contributed by atoms with Crippen molar-refractivity contribution in [3.63, 3.8) is 0 Å². The van der Waals surface area contributed by atoms with Crippen LogP contribution in [0.1, 0.15) is 49.9 Å². The quantitative estimate of drug-likeness (QED) is 0.634. The third-order valence-electron chi connectivity index (χ3n) is 5.29. The summed E-state index contributed by atoms with van der Waals surface area (Å²) in [5, 5.41) is 0. The number of hydrogen-bond donors (Lipinski definition) is 0. The Kier molecular flexibility index (Phi) is 5.52. The molecule has 1 aliphatic carbocycles. The number of ether oxygens (including phenoxy) is 1. The lowest BCUT2D eigenvalue weighted by Gasteiger charge is -2.31. The second-order valence-corrected chi connectivity index (χ2v) is 7.25.